The van der Waals surface area contributed by atoms with E-state index >= 15 is 0 Å². The summed E-state index contributed by atoms with van der Waals surface area (Å²) in [4.78, 5) is 2.48. The first-order valence-electron chi connectivity index (χ1n) is 6.98. The van der Waals surface area contributed by atoms with Crippen molar-refractivity contribution in [2.45, 2.75) is 45.8 Å². The number of ether oxygens (including phenoxy) is 1. The molecule has 0 amide bonds. The summed E-state index contributed by atoms with van der Waals surface area (Å²) in [7, 11) is 0. The molecule has 3 heteroatoms. The summed E-state index contributed by atoms with van der Waals surface area (Å²) in [5, 5.41) is 10.7. The summed E-state index contributed by atoms with van der Waals surface area (Å²) >= 11 is 0. The first kappa shape index (κ1) is 11.9. The zero-order chi connectivity index (χ0) is 12.3. The predicted molar refractivity (Wildman–Crippen MR) is 66.8 cm³/mol. The lowest BCUT2D eigenvalue weighted by molar-refractivity contribution is -0.0596. The van der Waals surface area contributed by atoms with E-state index in [1.165, 1.54) is 12.8 Å². The standard InChI is InChI=1S/C14H25NO2/c1-13(2)10-4-5-14(13,3)12(16)11(10)15-6-8-17-9-7-15/h10-12,16H,4-9H2,1-3H3/t10-,11+,12-,14+/m1/s1. The van der Waals surface area contributed by atoms with Gasteiger partial charge in [0.05, 0.1) is 19.3 Å². The molecule has 0 radical (unpaired) electrons. The van der Waals surface area contributed by atoms with Crippen LogP contribution in [0.25, 0.3) is 0 Å². The summed E-state index contributed by atoms with van der Waals surface area (Å²) in [6, 6.07) is 0.368. The van der Waals surface area contributed by atoms with E-state index in [1.807, 2.05) is 0 Å². The van der Waals surface area contributed by atoms with Crippen LogP contribution >= 0.6 is 0 Å². The smallest absolute Gasteiger partial charge is 0.0756 e. The van der Waals surface area contributed by atoms with Crippen LogP contribution in [0.15, 0.2) is 0 Å². The van der Waals surface area contributed by atoms with Crippen molar-refractivity contribution in [2.24, 2.45) is 16.7 Å². The molecule has 3 nitrogen and oxygen atoms in total. The van der Waals surface area contributed by atoms with Gasteiger partial charge in [0.1, 0.15) is 0 Å². The van der Waals surface area contributed by atoms with E-state index < -0.39 is 0 Å². The monoisotopic (exact) mass is 239 g/mol. The maximum absolute atomic E-state index is 10.7. The van der Waals surface area contributed by atoms with Gasteiger partial charge in [0.25, 0.3) is 0 Å². The van der Waals surface area contributed by atoms with Crippen LogP contribution in [0, 0.1) is 16.7 Å². The summed E-state index contributed by atoms with van der Waals surface area (Å²) in [5.74, 6) is 0.653. The Balaban J connectivity index is 1.88. The Morgan fingerprint density at radius 1 is 1.18 bits per heavy atom. The van der Waals surface area contributed by atoms with Gasteiger partial charge in [-0.3, -0.25) is 4.90 Å². The van der Waals surface area contributed by atoms with Gasteiger partial charge in [0.2, 0.25) is 0 Å². The fourth-order valence-electron chi connectivity index (χ4n) is 4.62. The zero-order valence-electron chi connectivity index (χ0n) is 11.3. The second-order valence-corrected chi connectivity index (χ2v) is 6.87. The largest absolute Gasteiger partial charge is 0.391 e. The summed E-state index contributed by atoms with van der Waals surface area (Å²) in [6.45, 7) is 10.6. The fraction of sp³-hybridized carbons (Fsp3) is 1.00. The van der Waals surface area contributed by atoms with Crippen molar-refractivity contribution in [1.29, 1.82) is 0 Å². The van der Waals surface area contributed by atoms with E-state index in [4.69, 9.17) is 4.74 Å². The number of fused-ring (bicyclic) bond motifs is 2. The van der Waals surface area contributed by atoms with E-state index in [1.54, 1.807) is 0 Å². The minimum Gasteiger partial charge on any atom is -0.391 e. The van der Waals surface area contributed by atoms with Crippen molar-refractivity contribution >= 4 is 0 Å². The molecular weight excluding hydrogens is 214 g/mol. The number of aliphatic hydroxyl groups excluding tert-OH is 1. The molecule has 3 aliphatic rings. The zero-order valence-corrected chi connectivity index (χ0v) is 11.3. The lowest BCUT2D eigenvalue weighted by Crippen LogP contribution is -2.53. The molecule has 17 heavy (non-hydrogen) atoms. The summed E-state index contributed by atoms with van der Waals surface area (Å²) in [5.41, 5.74) is 0.385. The van der Waals surface area contributed by atoms with Crippen molar-refractivity contribution in [3.63, 3.8) is 0 Å². The Bertz CT molecular complexity index is 311. The van der Waals surface area contributed by atoms with Crippen molar-refractivity contribution in [3.8, 4) is 0 Å². The Hall–Kier alpha value is -0.120. The molecule has 0 unspecified atom stereocenters. The van der Waals surface area contributed by atoms with E-state index in [9.17, 15) is 5.11 Å². The molecule has 1 N–H and O–H groups in total. The highest BCUT2D eigenvalue weighted by molar-refractivity contribution is 5.17. The van der Waals surface area contributed by atoms with Crippen molar-refractivity contribution in [3.05, 3.63) is 0 Å². The normalized spacial score (nSPS) is 49.8. The topological polar surface area (TPSA) is 32.7 Å². The van der Waals surface area contributed by atoms with E-state index in [0.717, 1.165) is 26.3 Å². The highest BCUT2D eigenvalue weighted by atomic mass is 16.5. The van der Waals surface area contributed by atoms with E-state index in [2.05, 4.69) is 25.7 Å². The molecule has 1 saturated heterocycles. The molecule has 0 aromatic carbocycles. The fourth-order valence-corrected chi connectivity index (χ4v) is 4.62. The molecule has 4 atom stereocenters. The minimum atomic E-state index is -0.158. The van der Waals surface area contributed by atoms with E-state index in [-0.39, 0.29) is 16.9 Å². The van der Waals surface area contributed by atoms with Crippen LogP contribution in [0.2, 0.25) is 0 Å². The highest BCUT2D eigenvalue weighted by Crippen LogP contribution is 2.66. The average molecular weight is 239 g/mol. The first-order chi connectivity index (χ1) is 7.98. The lowest BCUT2D eigenvalue weighted by atomic mass is 9.70. The third-order valence-electron chi connectivity index (χ3n) is 6.23. The molecule has 2 bridgehead atoms. The summed E-state index contributed by atoms with van der Waals surface area (Å²) < 4.78 is 5.43. The lowest BCUT2D eigenvalue weighted by Gasteiger charge is -2.41. The van der Waals surface area contributed by atoms with Gasteiger partial charge in [-0.2, -0.15) is 0 Å². The Morgan fingerprint density at radius 3 is 2.35 bits per heavy atom. The second-order valence-electron chi connectivity index (χ2n) is 6.87. The van der Waals surface area contributed by atoms with Gasteiger partial charge >= 0.3 is 0 Å². The number of nitrogens with zero attached hydrogens (tertiary/aromatic N) is 1. The van der Waals surface area contributed by atoms with Gasteiger partial charge in [0.15, 0.2) is 0 Å². The molecule has 0 spiro atoms. The minimum absolute atomic E-state index is 0.112. The molecule has 3 fully saturated rings. The summed E-state index contributed by atoms with van der Waals surface area (Å²) in [6.07, 6.45) is 2.31. The first-order valence-corrected chi connectivity index (χ1v) is 6.98. The molecule has 0 aromatic heterocycles. The second kappa shape index (κ2) is 3.69. The third-order valence-corrected chi connectivity index (χ3v) is 6.23. The molecule has 3 rings (SSSR count). The van der Waals surface area contributed by atoms with Crippen LogP contribution in [0.3, 0.4) is 0 Å². The van der Waals surface area contributed by atoms with Crippen LogP contribution in [0.5, 0.6) is 0 Å². The van der Waals surface area contributed by atoms with Crippen molar-refractivity contribution in [2.75, 3.05) is 26.3 Å². The Labute approximate surface area is 104 Å². The molecule has 98 valence electrons. The molecule has 2 saturated carbocycles. The highest BCUT2D eigenvalue weighted by Gasteiger charge is 2.66. The van der Waals surface area contributed by atoms with Crippen LogP contribution in [-0.2, 0) is 4.74 Å². The predicted octanol–water partition coefficient (Wildman–Crippen LogP) is 1.50. The number of hydrogen-bond donors (Lipinski definition) is 1. The van der Waals surface area contributed by atoms with Crippen LogP contribution in [0.1, 0.15) is 33.6 Å². The quantitative estimate of drug-likeness (QED) is 0.753. The van der Waals surface area contributed by atoms with E-state index in [0.29, 0.717) is 12.0 Å². The van der Waals surface area contributed by atoms with Crippen molar-refractivity contribution in [1.82, 2.24) is 4.90 Å². The van der Waals surface area contributed by atoms with Gasteiger partial charge in [-0.25, -0.2) is 0 Å². The average Bonchev–Trinajstić information content (AvgIpc) is 2.62. The van der Waals surface area contributed by atoms with Gasteiger partial charge < -0.3 is 9.84 Å². The van der Waals surface area contributed by atoms with Gasteiger partial charge in [-0.15, -0.1) is 0 Å². The Morgan fingerprint density at radius 2 is 1.82 bits per heavy atom. The van der Waals surface area contributed by atoms with Crippen LogP contribution in [-0.4, -0.2) is 48.5 Å². The maximum Gasteiger partial charge on any atom is 0.0756 e. The maximum atomic E-state index is 10.7. The molecule has 2 aliphatic carbocycles. The van der Waals surface area contributed by atoms with Crippen LogP contribution in [0.4, 0.5) is 0 Å². The SMILES string of the molecule is CC1(C)[C@@H]2CC[C@@]1(C)[C@H](O)[C@H]2N1CCOCC1. The van der Waals surface area contributed by atoms with Gasteiger partial charge in [0, 0.05) is 24.5 Å². The molecule has 1 heterocycles. The molecule has 0 aromatic rings. The molecular formula is C14H25NO2. The number of morpholine rings is 1. The number of rotatable bonds is 1. The Kier molecular flexibility index (Phi) is 2.59. The third kappa shape index (κ3) is 1.39. The van der Waals surface area contributed by atoms with Crippen molar-refractivity contribution < 1.29 is 9.84 Å². The number of aliphatic hydroxyl groups is 1. The van der Waals surface area contributed by atoms with Crippen LogP contribution < -0.4 is 0 Å². The van der Waals surface area contributed by atoms with Gasteiger partial charge in [-0.1, -0.05) is 20.8 Å². The molecule has 1 aliphatic heterocycles. The number of hydrogen-bond acceptors (Lipinski definition) is 3. The van der Waals surface area contributed by atoms with Gasteiger partial charge in [-0.05, 0) is 24.2 Å².